The first-order chi connectivity index (χ1) is 14.6. The van der Waals surface area contributed by atoms with Crippen LogP contribution in [-0.2, 0) is 4.79 Å². The molecule has 0 aliphatic heterocycles. The lowest BCUT2D eigenvalue weighted by Gasteiger charge is -2.10. The topological polar surface area (TPSA) is 77.2 Å². The minimum absolute atomic E-state index is 0.121. The number of rotatable bonds is 6. The van der Waals surface area contributed by atoms with Crippen LogP contribution in [0.2, 0.25) is 5.02 Å². The predicted octanol–water partition coefficient (Wildman–Crippen LogP) is 5.38. The van der Waals surface area contributed by atoms with Gasteiger partial charge in [-0.15, -0.1) is 0 Å². The number of aromatic nitrogens is 2. The first kappa shape index (κ1) is 19.7. The summed E-state index contributed by atoms with van der Waals surface area (Å²) in [7, 11) is 0. The molecule has 0 aliphatic rings. The Bertz CT molecular complexity index is 1160. The zero-order valence-corrected chi connectivity index (χ0v) is 16.9. The maximum absolute atomic E-state index is 12.2. The van der Waals surface area contributed by atoms with Gasteiger partial charge in [0.05, 0.1) is 0 Å². The number of carbonyl (C=O) groups is 1. The van der Waals surface area contributed by atoms with Crippen molar-refractivity contribution in [3.63, 3.8) is 0 Å². The smallest absolute Gasteiger partial charge is 0.262 e. The van der Waals surface area contributed by atoms with Gasteiger partial charge in [0.1, 0.15) is 5.75 Å². The van der Waals surface area contributed by atoms with E-state index in [2.05, 4.69) is 15.5 Å². The Balaban J connectivity index is 1.36. The second kappa shape index (κ2) is 8.80. The molecular weight excluding hydrogens is 402 g/mol. The molecule has 6 nitrogen and oxygen atoms in total. The molecule has 0 spiro atoms. The van der Waals surface area contributed by atoms with Crippen LogP contribution < -0.4 is 10.1 Å². The van der Waals surface area contributed by atoms with Crippen molar-refractivity contribution in [1.82, 2.24) is 10.1 Å². The average Bonchev–Trinajstić information content (AvgIpc) is 3.26. The van der Waals surface area contributed by atoms with Gasteiger partial charge in [-0.2, -0.15) is 4.98 Å². The second-order valence-electron chi connectivity index (χ2n) is 6.61. The van der Waals surface area contributed by atoms with Crippen LogP contribution in [0.3, 0.4) is 0 Å². The van der Waals surface area contributed by atoms with Gasteiger partial charge in [0.15, 0.2) is 6.61 Å². The fourth-order valence-corrected chi connectivity index (χ4v) is 2.98. The van der Waals surface area contributed by atoms with E-state index in [0.717, 1.165) is 16.7 Å². The van der Waals surface area contributed by atoms with E-state index in [1.807, 2.05) is 43.3 Å². The molecule has 150 valence electrons. The van der Waals surface area contributed by atoms with Crippen molar-refractivity contribution in [3.8, 4) is 28.6 Å². The number of halogens is 1. The Morgan fingerprint density at radius 1 is 1.03 bits per heavy atom. The Morgan fingerprint density at radius 3 is 2.57 bits per heavy atom. The van der Waals surface area contributed by atoms with Crippen molar-refractivity contribution in [1.29, 1.82) is 0 Å². The van der Waals surface area contributed by atoms with Crippen LogP contribution in [0.4, 0.5) is 5.69 Å². The monoisotopic (exact) mass is 419 g/mol. The molecule has 7 heteroatoms. The maximum atomic E-state index is 12.2. The molecule has 0 atom stereocenters. The quantitative estimate of drug-likeness (QED) is 0.453. The lowest BCUT2D eigenvalue weighted by Crippen LogP contribution is -2.20. The highest BCUT2D eigenvalue weighted by atomic mass is 35.5. The number of nitrogens with zero attached hydrogens (tertiary/aromatic N) is 2. The summed E-state index contributed by atoms with van der Waals surface area (Å²) >= 11 is 5.98. The Kier molecular flexibility index (Phi) is 5.77. The molecule has 0 unspecified atom stereocenters. The Morgan fingerprint density at radius 2 is 1.80 bits per heavy atom. The number of nitrogens with one attached hydrogen (secondary N) is 1. The van der Waals surface area contributed by atoms with Gasteiger partial charge in [0.25, 0.3) is 11.8 Å². The fraction of sp³-hybridized carbons (Fsp3) is 0.0870. The van der Waals surface area contributed by atoms with Crippen LogP contribution in [0.25, 0.3) is 22.8 Å². The predicted molar refractivity (Wildman–Crippen MR) is 115 cm³/mol. The largest absolute Gasteiger partial charge is 0.484 e. The van der Waals surface area contributed by atoms with E-state index in [9.17, 15) is 4.79 Å². The highest BCUT2D eigenvalue weighted by Gasteiger charge is 2.11. The molecule has 0 radical (unpaired) electrons. The number of hydrogen-bond acceptors (Lipinski definition) is 5. The van der Waals surface area contributed by atoms with Crippen molar-refractivity contribution in [2.24, 2.45) is 0 Å². The van der Waals surface area contributed by atoms with Crippen LogP contribution in [0.5, 0.6) is 5.75 Å². The first-order valence-corrected chi connectivity index (χ1v) is 9.65. The lowest BCUT2D eigenvalue weighted by atomic mass is 10.2. The Labute approximate surface area is 178 Å². The highest BCUT2D eigenvalue weighted by molar-refractivity contribution is 6.31. The van der Waals surface area contributed by atoms with Crippen LogP contribution in [0, 0.1) is 6.92 Å². The summed E-state index contributed by atoms with van der Waals surface area (Å²) in [4.78, 5) is 16.6. The molecule has 3 aromatic carbocycles. The average molecular weight is 420 g/mol. The van der Waals surface area contributed by atoms with Gasteiger partial charge in [-0.1, -0.05) is 53.2 Å². The molecule has 0 saturated carbocycles. The second-order valence-corrected chi connectivity index (χ2v) is 7.05. The lowest BCUT2D eigenvalue weighted by molar-refractivity contribution is -0.118. The van der Waals surface area contributed by atoms with E-state index in [1.54, 1.807) is 36.4 Å². The van der Waals surface area contributed by atoms with Crippen LogP contribution in [-0.4, -0.2) is 22.7 Å². The Hall–Kier alpha value is -3.64. The summed E-state index contributed by atoms with van der Waals surface area (Å²) in [6.45, 7) is 1.77. The highest BCUT2D eigenvalue weighted by Crippen LogP contribution is 2.24. The van der Waals surface area contributed by atoms with E-state index in [1.165, 1.54) is 0 Å². The van der Waals surface area contributed by atoms with E-state index in [-0.39, 0.29) is 12.5 Å². The standard InChI is InChI=1S/C23H18ClN3O3/c1-15-7-10-18(24)13-20(15)25-21(28)14-29-19-11-8-17(9-12-19)23-26-22(27-30-23)16-5-3-2-4-6-16/h2-13H,14H2,1H3,(H,25,28). The minimum atomic E-state index is -0.270. The van der Waals surface area contributed by atoms with Gasteiger partial charge in [-0.05, 0) is 48.9 Å². The molecule has 0 bridgehead atoms. The van der Waals surface area contributed by atoms with Crippen molar-refractivity contribution in [2.45, 2.75) is 6.92 Å². The number of aryl methyl sites for hydroxylation is 1. The van der Waals surface area contributed by atoms with Gasteiger partial charge >= 0.3 is 0 Å². The molecule has 4 aromatic rings. The van der Waals surface area contributed by atoms with E-state index >= 15 is 0 Å². The molecule has 0 saturated heterocycles. The van der Waals surface area contributed by atoms with Crippen molar-refractivity contribution < 1.29 is 14.1 Å². The third-order valence-electron chi connectivity index (χ3n) is 4.40. The summed E-state index contributed by atoms with van der Waals surface area (Å²) < 4.78 is 10.9. The van der Waals surface area contributed by atoms with Gasteiger partial charge in [0.2, 0.25) is 5.82 Å². The molecular formula is C23H18ClN3O3. The van der Waals surface area contributed by atoms with Crippen LogP contribution in [0.1, 0.15) is 5.56 Å². The number of hydrogen-bond donors (Lipinski definition) is 1. The van der Waals surface area contributed by atoms with Crippen molar-refractivity contribution in [2.75, 3.05) is 11.9 Å². The summed E-state index contributed by atoms with van der Waals surface area (Å²) in [5.74, 6) is 1.22. The first-order valence-electron chi connectivity index (χ1n) is 9.27. The normalized spacial score (nSPS) is 10.6. The summed E-state index contributed by atoms with van der Waals surface area (Å²) in [5.41, 5.74) is 3.23. The van der Waals surface area contributed by atoms with Crippen molar-refractivity contribution >= 4 is 23.2 Å². The molecule has 30 heavy (non-hydrogen) atoms. The van der Waals surface area contributed by atoms with Gasteiger partial charge in [-0.25, -0.2) is 0 Å². The van der Waals surface area contributed by atoms with Gasteiger partial charge < -0.3 is 14.6 Å². The van der Waals surface area contributed by atoms with Crippen molar-refractivity contribution in [3.05, 3.63) is 83.4 Å². The number of amides is 1. The maximum Gasteiger partial charge on any atom is 0.262 e. The number of ether oxygens (including phenoxy) is 1. The number of benzene rings is 3. The minimum Gasteiger partial charge on any atom is -0.484 e. The SMILES string of the molecule is Cc1ccc(Cl)cc1NC(=O)COc1ccc(-c2nc(-c3ccccc3)no2)cc1. The van der Waals surface area contributed by atoms with Crippen LogP contribution in [0.15, 0.2) is 77.3 Å². The molecule has 0 aliphatic carbocycles. The summed E-state index contributed by atoms with van der Waals surface area (Å²) in [5, 5.41) is 7.37. The molecule has 1 heterocycles. The summed E-state index contributed by atoms with van der Waals surface area (Å²) in [6, 6.07) is 22.0. The molecule has 4 rings (SSSR count). The summed E-state index contributed by atoms with van der Waals surface area (Å²) in [6.07, 6.45) is 0. The fourth-order valence-electron chi connectivity index (χ4n) is 2.80. The number of anilines is 1. The van der Waals surface area contributed by atoms with E-state index in [4.69, 9.17) is 20.9 Å². The molecule has 1 N–H and O–H groups in total. The van der Waals surface area contributed by atoms with Crippen LogP contribution >= 0.6 is 11.6 Å². The molecule has 0 fully saturated rings. The van der Waals surface area contributed by atoms with Gasteiger partial charge in [0, 0.05) is 21.8 Å². The zero-order chi connectivity index (χ0) is 20.9. The molecule has 1 amide bonds. The van der Waals surface area contributed by atoms with Gasteiger partial charge in [-0.3, -0.25) is 4.79 Å². The third-order valence-corrected chi connectivity index (χ3v) is 4.64. The van der Waals surface area contributed by atoms with E-state index in [0.29, 0.717) is 28.2 Å². The third kappa shape index (κ3) is 4.67. The zero-order valence-electron chi connectivity index (χ0n) is 16.1. The molecule has 1 aromatic heterocycles. The van der Waals surface area contributed by atoms with E-state index < -0.39 is 0 Å². The number of carbonyl (C=O) groups excluding carboxylic acids is 1.